The van der Waals surface area contributed by atoms with Gasteiger partial charge < -0.3 is 9.72 Å². The van der Waals surface area contributed by atoms with Gasteiger partial charge in [-0.05, 0) is 31.2 Å². The van der Waals surface area contributed by atoms with E-state index in [4.69, 9.17) is 4.74 Å². The molecule has 130 valence electrons. The van der Waals surface area contributed by atoms with E-state index in [1.54, 1.807) is 31.2 Å². The van der Waals surface area contributed by atoms with Gasteiger partial charge in [0.25, 0.3) is 5.56 Å². The lowest BCUT2D eigenvalue weighted by atomic mass is 10.00. The van der Waals surface area contributed by atoms with Crippen molar-refractivity contribution in [2.75, 3.05) is 0 Å². The van der Waals surface area contributed by atoms with Crippen LogP contribution in [0.4, 0.5) is 8.78 Å². The smallest absolute Gasteiger partial charge is 0.266 e. The summed E-state index contributed by atoms with van der Waals surface area (Å²) in [5, 5.41) is 9.31. The molecule has 0 saturated heterocycles. The summed E-state index contributed by atoms with van der Waals surface area (Å²) in [5.41, 5.74) is 0.939. The first-order chi connectivity index (χ1) is 12.5. The molecule has 0 aliphatic carbocycles. The highest BCUT2D eigenvalue weighted by molar-refractivity contribution is 5.75. The molecule has 3 aromatic rings. The number of aryl methyl sites for hydroxylation is 1. The van der Waals surface area contributed by atoms with E-state index < -0.39 is 17.2 Å². The third kappa shape index (κ3) is 3.47. The van der Waals surface area contributed by atoms with Crippen LogP contribution in [-0.4, -0.2) is 4.98 Å². The lowest BCUT2D eigenvalue weighted by molar-refractivity contribution is 0.299. The van der Waals surface area contributed by atoms with Crippen molar-refractivity contribution in [1.82, 2.24) is 4.98 Å². The summed E-state index contributed by atoms with van der Waals surface area (Å²) in [6.07, 6.45) is 0. The van der Waals surface area contributed by atoms with Gasteiger partial charge in [-0.25, -0.2) is 8.78 Å². The summed E-state index contributed by atoms with van der Waals surface area (Å²) in [6, 6.07) is 13.4. The number of aromatic nitrogens is 1. The monoisotopic (exact) mass is 352 g/mol. The predicted octanol–water partition coefficient (Wildman–Crippen LogP) is 4.08. The molecule has 2 aromatic carbocycles. The lowest BCUT2D eigenvalue weighted by Crippen LogP contribution is -2.13. The molecule has 1 N–H and O–H groups in total. The summed E-state index contributed by atoms with van der Waals surface area (Å²) in [5.74, 6) is -0.859. The summed E-state index contributed by atoms with van der Waals surface area (Å²) in [7, 11) is 0. The molecular formula is C20H14F2N2O2. The fourth-order valence-corrected chi connectivity index (χ4v) is 2.62. The van der Waals surface area contributed by atoms with Gasteiger partial charge in [0, 0.05) is 28.5 Å². The van der Waals surface area contributed by atoms with Crippen LogP contribution in [0.15, 0.2) is 53.3 Å². The molecule has 0 atom stereocenters. The third-order valence-electron chi connectivity index (χ3n) is 3.85. The maximum absolute atomic E-state index is 13.8. The third-order valence-corrected chi connectivity index (χ3v) is 3.85. The minimum atomic E-state index is -0.544. The van der Waals surface area contributed by atoms with Gasteiger partial charge >= 0.3 is 0 Å². The average molecular weight is 352 g/mol. The van der Waals surface area contributed by atoms with Crippen molar-refractivity contribution in [3.8, 4) is 22.9 Å². The maximum atomic E-state index is 13.8. The molecule has 0 bridgehead atoms. The molecule has 1 aromatic heterocycles. The molecule has 0 amide bonds. The summed E-state index contributed by atoms with van der Waals surface area (Å²) >= 11 is 0. The Morgan fingerprint density at radius 3 is 2.62 bits per heavy atom. The number of aromatic amines is 1. The first-order valence-electron chi connectivity index (χ1n) is 7.79. The molecule has 0 aliphatic heterocycles. The Kier molecular flexibility index (Phi) is 4.81. The Balaban J connectivity index is 2.07. The highest BCUT2D eigenvalue weighted by atomic mass is 19.1. The van der Waals surface area contributed by atoms with Gasteiger partial charge in [0.2, 0.25) is 0 Å². The van der Waals surface area contributed by atoms with Crippen LogP contribution in [0.25, 0.3) is 11.1 Å². The molecule has 4 nitrogen and oxygen atoms in total. The Labute approximate surface area is 148 Å². The number of hydrogen-bond acceptors (Lipinski definition) is 3. The van der Waals surface area contributed by atoms with Gasteiger partial charge in [0.1, 0.15) is 35.6 Å². The van der Waals surface area contributed by atoms with E-state index in [1.165, 1.54) is 18.2 Å². The van der Waals surface area contributed by atoms with Gasteiger partial charge in [0.15, 0.2) is 0 Å². The number of rotatable bonds is 4. The van der Waals surface area contributed by atoms with E-state index in [2.05, 4.69) is 4.98 Å². The van der Waals surface area contributed by atoms with Crippen molar-refractivity contribution in [2.24, 2.45) is 0 Å². The number of halogens is 2. The zero-order chi connectivity index (χ0) is 18.7. The molecule has 3 rings (SSSR count). The Morgan fingerprint density at radius 2 is 1.88 bits per heavy atom. The predicted molar refractivity (Wildman–Crippen MR) is 92.6 cm³/mol. The maximum Gasteiger partial charge on any atom is 0.266 e. The standard InChI is InChI=1S/C20H14F2N2O2/c1-12-8-16(17(10-23)20(25)24-12)15-7-6-14(21)9-19(15)26-11-13-4-2-3-5-18(13)22/h2-9H,11H2,1H3,(H,24,25). The first kappa shape index (κ1) is 17.4. The van der Waals surface area contributed by atoms with E-state index in [9.17, 15) is 18.8 Å². The second-order valence-corrected chi connectivity index (χ2v) is 5.70. The first-order valence-corrected chi connectivity index (χ1v) is 7.79. The van der Waals surface area contributed by atoms with Crippen LogP contribution >= 0.6 is 0 Å². The van der Waals surface area contributed by atoms with Gasteiger partial charge in [0.05, 0.1) is 0 Å². The fourth-order valence-electron chi connectivity index (χ4n) is 2.62. The van der Waals surface area contributed by atoms with Crippen LogP contribution in [-0.2, 0) is 6.61 Å². The Hall–Kier alpha value is -3.46. The van der Waals surface area contributed by atoms with Gasteiger partial charge in [-0.3, -0.25) is 4.79 Å². The summed E-state index contributed by atoms with van der Waals surface area (Å²) in [4.78, 5) is 14.6. The van der Waals surface area contributed by atoms with Crippen molar-refractivity contribution in [3.63, 3.8) is 0 Å². The zero-order valence-electron chi connectivity index (χ0n) is 13.8. The van der Waals surface area contributed by atoms with Crippen molar-refractivity contribution in [3.05, 3.63) is 87.3 Å². The fraction of sp³-hybridized carbons (Fsp3) is 0.100. The lowest BCUT2D eigenvalue weighted by Gasteiger charge is -2.13. The van der Waals surface area contributed by atoms with E-state index in [0.717, 1.165) is 6.07 Å². The summed E-state index contributed by atoms with van der Waals surface area (Å²) < 4.78 is 33.1. The molecule has 6 heteroatoms. The van der Waals surface area contributed by atoms with Crippen LogP contribution < -0.4 is 10.3 Å². The molecule has 0 fully saturated rings. The molecule has 1 heterocycles. The van der Waals surface area contributed by atoms with E-state index >= 15 is 0 Å². The largest absolute Gasteiger partial charge is 0.488 e. The minimum absolute atomic E-state index is 0.0991. The van der Waals surface area contributed by atoms with Gasteiger partial charge in [-0.15, -0.1) is 0 Å². The molecule has 0 saturated carbocycles. The van der Waals surface area contributed by atoms with Crippen LogP contribution in [0, 0.1) is 29.9 Å². The number of benzene rings is 2. The topological polar surface area (TPSA) is 65.9 Å². The molecule has 0 spiro atoms. The minimum Gasteiger partial charge on any atom is -0.488 e. The van der Waals surface area contributed by atoms with E-state index in [0.29, 0.717) is 22.4 Å². The van der Waals surface area contributed by atoms with Crippen LogP contribution in [0.5, 0.6) is 5.75 Å². The van der Waals surface area contributed by atoms with Crippen molar-refractivity contribution in [1.29, 1.82) is 5.26 Å². The number of H-pyrrole nitrogens is 1. The second-order valence-electron chi connectivity index (χ2n) is 5.70. The molecular weight excluding hydrogens is 338 g/mol. The van der Waals surface area contributed by atoms with Crippen molar-refractivity contribution < 1.29 is 13.5 Å². The molecule has 0 radical (unpaired) electrons. The quantitative estimate of drug-likeness (QED) is 0.769. The van der Waals surface area contributed by atoms with Crippen LogP contribution in [0.1, 0.15) is 16.8 Å². The Morgan fingerprint density at radius 1 is 1.12 bits per heavy atom. The Bertz CT molecular complexity index is 1070. The second kappa shape index (κ2) is 7.19. The van der Waals surface area contributed by atoms with Gasteiger partial charge in [-0.1, -0.05) is 18.2 Å². The van der Waals surface area contributed by atoms with Crippen LogP contribution in [0.2, 0.25) is 0 Å². The zero-order valence-corrected chi connectivity index (χ0v) is 13.8. The van der Waals surface area contributed by atoms with Gasteiger partial charge in [-0.2, -0.15) is 5.26 Å². The number of nitriles is 1. The number of nitrogens with one attached hydrogen (secondary N) is 1. The molecule has 0 aliphatic rings. The number of ether oxygens (including phenoxy) is 1. The van der Waals surface area contributed by atoms with E-state index in [1.807, 2.05) is 6.07 Å². The molecule has 26 heavy (non-hydrogen) atoms. The van der Waals surface area contributed by atoms with Crippen LogP contribution in [0.3, 0.4) is 0 Å². The molecule has 0 unspecified atom stereocenters. The number of pyridine rings is 1. The normalized spacial score (nSPS) is 10.4. The SMILES string of the molecule is Cc1cc(-c2ccc(F)cc2OCc2ccccc2F)c(C#N)c(=O)[nH]1. The van der Waals surface area contributed by atoms with Crippen molar-refractivity contribution in [2.45, 2.75) is 13.5 Å². The highest BCUT2D eigenvalue weighted by Crippen LogP contribution is 2.33. The number of nitrogens with zero attached hydrogens (tertiary/aromatic N) is 1. The number of hydrogen-bond donors (Lipinski definition) is 1. The average Bonchev–Trinajstić information content (AvgIpc) is 2.60. The van der Waals surface area contributed by atoms with Crippen molar-refractivity contribution >= 4 is 0 Å². The highest BCUT2D eigenvalue weighted by Gasteiger charge is 2.16. The van der Waals surface area contributed by atoms with E-state index in [-0.39, 0.29) is 17.9 Å². The summed E-state index contributed by atoms with van der Waals surface area (Å²) in [6.45, 7) is 1.56.